The Morgan fingerprint density at radius 1 is 1.43 bits per heavy atom. The second kappa shape index (κ2) is 4.02. The predicted molar refractivity (Wildman–Crippen MR) is 51.6 cm³/mol. The van der Waals surface area contributed by atoms with Gasteiger partial charge in [0.15, 0.2) is 0 Å². The fourth-order valence-electron chi connectivity index (χ4n) is 1.36. The van der Waals surface area contributed by atoms with Gasteiger partial charge >= 0.3 is 0 Å². The van der Waals surface area contributed by atoms with Gasteiger partial charge in [0.1, 0.15) is 18.1 Å². The fraction of sp³-hybridized carbons (Fsp3) is 0.200. The molecule has 0 saturated carbocycles. The van der Waals surface area contributed by atoms with E-state index in [9.17, 15) is 0 Å². The second-order valence-corrected chi connectivity index (χ2v) is 2.87. The van der Waals surface area contributed by atoms with E-state index >= 15 is 0 Å². The van der Waals surface area contributed by atoms with Crippen molar-refractivity contribution in [2.75, 3.05) is 7.05 Å². The standard InChI is InChI=1S/C10H11N3O/c1-11-10(9-3-2-6-14-9)8-4-5-12-7-13-8/h2-7,10-11H,1H3. The van der Waals surface area contributed by atoms with Crippen molar-refractivity contribution in [3.05, 3.63) is 48.4 Å². The summed E-state index contributed by atoms with van der Waals surface area (Å²) in [6, 6.07) is 5.64. The normalized spacial score (nSPS) is 12.6. The molecule has 2 aromatic heterocycles. The van der Waals surface area contributed by atoms with Gasteiger partial charge in [-0.2, -0.15) is 0 Å². The van der Waals surface area contributed by atoms with Crippen LogP contribution in [0.4, 0.5) is 0 Å². The number of hydrogen-bond donors (Lipinski definition) is 1. The molecule has 0 aliphatic carbocycles. The molecule has 1 atom stereocenters. The monoisotopic (exact) mass is 189 g/mol. The maximum Gasteiger partial charge on any atom is 0.126 e. The van der Waals surface area contributed by atoms with Crippen molar-refractivity contribution in [3.63, 3.8) is 0 Å². The van der Waals surface area contributed by atoms with E-state index in [-0.39, 0.29) is 6.04 Å². The zero-order valence-electron chi connectivity index (χ0n) is 7.84. The van der Waals surface area contributed by atoms with Crippen LogP contribution >= 0.6 is 0 Å². The molecule has 2 aromatic rings. The summed E-state index contributed by atoms with van der Waals surface area (Å²) in [6.45, 7) is 0. The van der Waals surface area contributed by atoms with E-state index in [0.29, 0.717) is 0 Å². The number of hydrogen-bond acceptors (Lipinski definition) is 4. The minimum absolute atomic E-state index is 0.00648. The van der Waals surface area contributed by atoms with Crippen molar-refractivity contribution in [2.45, 2.75) is 6.04 Å². The average molecular weight is 189 g/mol. The molecule has 2 heterocycles. The maximum absolute atomic E-state index is 5.32. The molecular weight excluding hydrogens is 178 g/mol. The summed E-state index contributed by atoms with van der Waals surface area (Å²) >= 11 is 0. The van der Waals surface area contributed by atoms with Gasteiger partial charge in [-0.15, -0.1) is 0 Å². The van der Waals surface area contributed by atoms with E-state index in [0.717, 1.165) is 11.5 Å². The van der Waals surface area contributed by atoms with Gasteiger partial charge in [-0.05, 0) is 25.2 Å². The molecule has 0 aliphatic heterocycles. The second-order valence-electron chi connectivity index (χ2n) is 2.87. The zero-order valence-corrected chi connectivity index (χ0v) is 7.84. The lowest BCUT2D eigenvalue weighted by Crippen LogP contribution is -2.18. The molecule has 0 fully saturated rings. The highest BCUT2D eigenvalue weighted by Crippen LogP contribution is 2.19. The SMILES string of the molecule is CNC(c1ccncn1)c1ccco1. The van der Waals surface area contributed by atoms with Crippen molar-refractivity contribution < 1.29 is 4.42 Å². The molecular formula is C10H11N3O. The summed E-state index contributed by atoms with van der Waals surface area (Å²) in [5.74, 6) is 0.853. The van der Waals surface area contributed by atoms with Crippen molar-refractivity contribution >= 4 is 0 Å². The highest BCUT2D eigenvalue weighted by atomic mass is 16.3. The number of nitrogens with zero attached hydrogens (tertiary/aromatic N) is 2. The smallest absolute Gasteiger partial charge is 0.126 e. The van der Waals surface area contributed by atoms with Crippen molar-refractivity contribution in [1.29, 1.82) is 0 Å². The lowest BCUT2D eigenvalue weighted by molar-refractivity contribution is 0.458. The van der Waals surface area contributed by atoms with Crippen LogP contribution in [-0.4, -0.2) is 17.0 Å². The first-order valence-electron chi connectivity index (χ1n) is 4.38. The van der Waals surface area contributed by atoms with Gasteiger partial charge in [0.25, 0.3) is 0 Å². The van der Waals surface area contributed by atoms with E-state index < -0.39 is 0 Å². The van der Waals surface area contributed by atoms with E-state index in [4.69, 9.17) is 4.42 Å². The van der Waals surface area contributed by atoms with Crippen molar-refractivity contribution in [3.8, 4) is 0 Å². The third-order valence-electron chi connectivity index (χ3n) is 2.02. The summed E-state index contributed by atoms with van der Waals surface area (Å²) in [5, 5.41) is 3.14. The average Bonchev–Trinajstić information content (AvgIpc) is 2.74. The number of furan rings is 1. The van der Waals surface area contributed by atoms with Gasteiger partial charge in [-0.3, -0.25) is 0 Å². The van der Waals surface area contributed by atoms with Crippen LogP contribution in [0.1, 0.15) is 17.5 Å². The molecule has 0 aliphatic rings. The first kappa shape index (κ1) is 8.90. The molecule has 0 radical (unpaired) electrons. The molecule has 0 aromatic carbocycles. The van der Waals surface area contributed by atoms with Crippen LogP contribution in [0.2, 0.25) is 0 Å². The first-order valence-corrected chi connectivity index (χ1v) is 4.38. The molecule has 2 rings (SSSR count). The topological polar surface area (TPSA) is 51.0 Å². The van der Waals surface area contributed by atoms with Gasteiger partial charge in [-0.25, -0.2) is 9.97 Å². The van der Waals surface area contributed by atoms with Crippen molar-refractivity contribution in [1.82, 2.24) is 15.3 Å². The van der Waals surface area contributed by atoms with Crippen LogP contribution in [0.25, 0.3) is 0 Å². The van der Waals surface area contributed by atoms with E-state index in [1.165, 1.54) is 6.33 Å². The van der Waals surface area contributed by atoms with Crippen LogP contribution in [0.15, 0.2) is 41.4 Å². The highest BCUT2D eigenvalue weighted by molar-refractivity contribution is 5.18. The minimum Gasteiger partial charge on any atom is -0.467 e. The molecule has 1 unspecified atom stereocenters. The predicted octanol–water partition coefficient (Wildman–Crippen LogP) is 1.38. The lowest BCUT2D eigenvalue weighted by Gasteiger charge is -2.11. The largest absolute Gasteiger partial charge is 0.467 e. The first-order chi connectivity index (χ1) is 6.92. The maximum atomic E-state index is 5.32. The number of nitrogens with one attached hydrogen (secondary N) is 1. The third-order valence-corrected chi connectivity index (χ3v) is 2.02. The van der Waals surface area contributed by atoms with E-state index in [2.05, 4.69) is 15.3 Å². The van der Waals surface area contributed by atoms with E-state index in [1.54, 1.807) is 12.5 Å². The Bertz CT molecular complexity index is 372. The molecule has 0 spiro atoms. The van der Waals surface area contributed by atoms with Gasteiger partial charge in [0.05, 0.1) is 12.0 Å². The Balaban J connectivity index is 2.31. The Labute approximate surface area is 82.0 Å². The molecule has 0 amide bonds. The minimum atomic E-state index is -0.00648. The summed E-state index contributed by atoms with van der Waals surface area (Å²) in [4.78, 5) is 8.05. The Kier molecular flexibility index (Phi) is 2.55. The fourth-order valence-corrected chi connectivity index (χ4v) is 1.36. The van der Waals surface area contributed by atoms with Crippen LogP contribution in [0, 0.1) is 0 Å². The summed E-state index contributed by atoms with van der Waals surface area (Å²) < 4.78 is 5.32. The zero-order chi connectivity index (χ0) is 9.80. The molecule has 0 saturated heterocycles. The van der Waals surface area contributed by atoms with Crippen LogP contribution in [-0.2, 0) is 0 Å². The number of rotatable bonds is 3. The quantitative estimate of drug-likeness (QED) is 0.792. The third kappa shape index (κ3) is 1.65. The lowest BCUT2D eigenvalue weighted by atomic mass is 10.1. The Hall–Kier alpha value is -1.68. The molecule has 4 heteroatoms. The van der Waals surface area contributed by atoms with Gasteiger partial charge in [-0.1, -0.05) is 0 Å². The van der Waals surface area contributed by atoms with Gasteiger partial charge < -0.3 is 9.73 Å². The van der Waals surface area contributed by atoms with Crippen LogP contribution in [0.5, 0.6) is 0 Å². The van der Waals surface area contributed by atoms with Crippen LogP contribution in [0.3, 0.4) is 0 Å². The Morgan fingerprint density at radius 2 is 2.36 bits per heavy atom. The molecule has 0 bridgehead atoms. The summed E-state index contributed by atoms with van der Waals surface area (Å²) in [7, 11) is 1.87. The number of aromatic nitrogens is 2. The molecule has 14 heavy (non-hydrogen) atoms. The van der Waals surface area contributed by atoms with Crippen molar-refractivity contribution in [2.24, 2.45) is 0 Å². The summed E-state index contributed by atoms with van der Waals surface area (Å²) in [6.07, 6.45) is 4.90. The van der Waals surface area contributed by atoms with Gasteiger partial charge in [0.2, 0.25) is 0 Å². The van der Waals surface area contributed by atoms with E-state index in [1.807, 2.05) is 25.2 Å². The molecule has 1 N–H and O–H groups in total. The molecule has 4 nitrogen and oxygen atoms in total. The highest BCUT2D eigenvalue weighted by Gasteiger charge is 2.14. The van der Waals surface area contributed by atoms with Gasteiger partial charge in [0, 0.05) is 6.20 Å². The molecule has 72 valence electrons. The Morgan fingerprint density at radius 3 is 2.93 bits per heavy atom. The summed E-state index contributed by atoms with van der Waals surface area (Å²) in [5.41, 5.74) is 0.900. The van der Waals surface area contributed by atoms with Crippen LogP contribution < -0.4 is 5.32 Å².